The molecule has 0 atom stereocenters. The molecule has 3 heterocycles. The molecule has 0 fully saturated rings. The van der Waals surface area contributed by atoms with E-state index in [1.54, 1.807) is 29.3 Å². The van der Waals surface area contributed by atoms with Gasteiger partial charge in [0, 0.05) is 46.8 Å². The van der Waals surface area contributed by atoms with Crippen LogP contribution in [0.2, 0.25) is 0 Å². The maximum absolute atomic E-state index is 12.4. The Morgan fingerprint density at radius 1 is 1.06 bits per heavy atom. The van der Waals surface area contributed by atoms with Gasteiger partial charge < -0.3 is 19.5 Å². The number of thiophene rings is 1. The average molecular weight is 462 g/mol. The molecule has 0 saturated heterocycles. The van der Waals surface area contributed by atoms with Crippen molar-refractivity contribution in [3.8, 4) is 0 Å². The molecule has 0 radical (unpaired) electrons. The first-order valence-corrected chi connectivity index (χ1v) is 12.2. The second kappa shape index (κ2) is 11.5. The summed E-state index contributed by atoms with van der Waals surface area (Å²) in [6.45, 7) is 2.44. The molecule has 168 valence electrons. The van der Waals surface area contributed by atoms with E-state index in [-0.39, 0.29) is 5.56 Å². The third-order valence-electron chi connectivity index (χ3n) is 4.40. The van der Waals surface area contributed by atoms with Crippen LogP contribution in [-0.4, -0.2) is 60.3 Å². The molecule has 0 amide bonds. The second-order valence-electron chi connectivity index (χ2n) is 7.95. The van der Waals surface area contributed by atoms with Gasteiger partial charge in [-0.15, -0.1) is 11.3 Å². The number of thioether (sulfide) groups is 1. The van der Waals surface area contributed by atoms with E-state index < -0.39 is 0 Å². The van der Waals surface area contributed by atoms with E-state index in [9.17, 15) is 4.79 Å². The topological polar surface area (TPSA) is 77.4 Å². The Labute approximate surface area is 191 Å². The normalized spacial score (nSPS) is 11.5. The van der Waals surface area contributed by atoms with Crippen LogP contribution < -0.4 is 10.9 Å². The Hall–Kier alpha value is -2.07. The highest BCUT2D eigenvalue weighted by Gasteiger charge is 2.08. The number of hydrogen-bond acceptors (Lipinski definition) is 8. The first-order valence-electron chi connectivity index (χ1n) is 10.2. The smallest absolute Gasteiger partial charge is 0.255 e. The minimum absolute atomic E-state index is 0.0864. The van der Waals surface area contributed by atoms with Gasteiger partial charge >= 0.3 is 0 Å². The fourth-order valence-corrected chi connectivity index (χ4v) is 4.96. The van der Waals surface area contributed by atoms with E-state index in [2.05, 4.69) is 51.3 Å². The van der Waals surface area contributed by atoms with Gasteiger partial charge in [-0.1, -0.05) is 0 Å². The maximum Gasteiger partial charge on any atom is 0.255 e. The predicted molar refractivity (Wildman–Crippen MR) is 130 cm³/mol. The van der Waals surface area contributed by atoms with Crippen LogP contribution in [0.4, 0.5) is 5.95 Å². The lowest BCUT2D eigenvalue weighted by Gasteiger charge is -2.07. The molecule has 0 aliphatic carbocycles. The van der Waals surface area contributed by atoms with E-state index in [1.165, 1.54) is 9.75 Å². The number of hydrogen-bond donors (Lipinski definition) is 2. The third-order valence-corrected chi connectivity index (χ3v) is 6.45. The molecule has 7 nitrogen and oxygen atoms in total. The molecule has 0 aliphatic heterocycles. The number of H-pyrrole nitrogens is 1. The maximum atomic E-state index is 12.4. The number of aromatic nitrogens is 2. The molecule has 3 aromatic heterocycles. The predicted octanol–water partition coefficient (Wildman–Crippen LogP) is 3.48. The van der Waals surface area contributed by atoms with Gasteiger partial charge in [-0.3, -0.25) is 9.78 Å². The van der Waals surface area contributed by atoms with Gasteiger partial charge in [-0.05, 0) is 52.5 Å². The fourth-order valence-electron chi connectivity index (χ4n) is 3.05. The van der Waals surface area contributed by atoms with Crippen molar-refractivity contribution in [1.29, 1.82) is 0 Å². The zero-order valence-corrected chi connectivity index (χ0v) is 20.2. The second-order valence-corrected chi connectivity index (χ2v) is 10.3. The molecule has 0 aliphatic rings. The van der Waals surface area contributed by atoms with Crippen molar-refractivity contribution in [1.82, 2.24) is 19.8 Å². The summed E-state index contributed by atoms with van der Waals surface area (Å²) < 4.78 is 5.81. The van der Waals surface area contributed by atoms with Crippen LogP contribution >= 0.6 is 23.1 Å². The monoisotopic (exact) mass is 461 g/mol. The van der Waals surface area contributed by atoms with E-state index >= 15 is 0 Å². The third kappa shape index (κ3) is 7.84. The highest BCUT2D eigenvalue weighted by Crippen LogP contribution is 2.20. The lowest BCUT2D eigenvalue weighted by atomic mass is 10.2. The molecule has 0 saturated carbocycles. The Kier molecular flexibility index (Phi) is 8.77. The molecule has 31 heavy (non-hydrogen) atoms. The van der Waals surface area contributed by atoms with Crippen LogP contribution in [-0.2, 0) is 25.3 Å². The van der Waals surface area contributed by atoms with E-state index in [0.717, 1.165) is 42.7 Å². The van der Waals surface area contributed by atoms with Crippen LogP contribution in [0.25, 0.3) is 0 Å². The summed E-state index contributed by atoms with van der Waals surface area (Å²) in [7, 11) is 8.16. The standard InChI is InChI=1S/C22H31N5O2S2/c1-26(2)13-17-5-6-18(29-17)15-30-10-9-23-22-24-12-16(21(28)25-22)11-19-7-8-20(31-19)14-27(3)4/h5-8,12H,9-11,13-15H2,1-4H3,(H2,23,24,25,28). The van der Waals surface area contributed by atoms with Crippen LogP contribution in [0.3, 0.4) is 0 Å². The minimum Gasteiger partial charge on any atom is -0.464 e. The summed E-state index contributed by atoms with van der Waals surface area (Å²) in [5.41, 5.74) is 0.598. The number of anilines is 1. The van der Waals surface area contributed by atoms with Gasteiger partial charge in [0.05, 0.1) is 12.3 Å². The van der Waals surface area contributed by atoms with Crippen molar-refractivity contribution >= 4 is 29.0 Å². The Bertz CT molecular complexity index is 1010. The Balaban J connectivity index is 1.41. The zero-order chi connectivity index (χ0) is 22.2. The number of rotatable bonds is 12. The quantitative estimate of drug-likeness (QED) is 0.400. The van der Waals surface area contributed by atoms with Crippen molar-refractivity contribution in [2.24, 2.45) is 0 Å². The van der Waals surface area contributed by atoms with Gasteiger partial charge in [0.1, 0.15) is 11.5 Å². The van der Waals surface area contributed by atoms with Crippen LogP contribution in [0, 0.1) is 0 Å². The molecule has 0 aromatic carbocycles. The summed E-state index contributed by atoms with van der Waals surface area (Å²) in [6.07, 6.45) is 2.28. The largest absolute Gasteiger partial charge is 0.464 e. The molecular formula is C22H31N5O2S2. The first kappa shape index (κ1) is 23.6. The van der Waals surface area contributed by atoms with Gasteiger partial charge in [0.25, 0.3) is 5.56 Å². The summed E-state index contributed by atoms with van der Waals surface area (Å²) in [5.74, 6) is 4.20. The van der Waals surface area contributed by atoms with Gasteiger partial charge in [0.2, 0.25) is 5.95 Å². The first-order chi connectivity index (χ1) is 14.9. The van der Waals surface area contributed by atoms with E-state index in [0.29, 0.717) is 17.9 Å². The molecule has 2 N–H and O–H groups in total. The van der Waals surface area contributed by atoms with Gasteiger partial charge in [-0.2, -0.15) is 11.8 Å². The number of furan rings is 1. The molecule has 0 unspecified atom stereocenters. The van der Waals surface area contributed by atoms with Crippen LogP contribution in [0.15, 0.2) is 39.7 Å². The molecular weight excluding hydrogens is 430 g/mol. The van der Waals surface area contributed by atoms with Crippen molar-refractivity contribution in [3.05, 3.63) is 67.7 Å². The molecule has 3 rings (SSSR count). The van der Waals surface area contributed by atoms with Crippen LogP contribution in [0.1, 0.15) is 26.8 Å². The SMILES string of the molecule is CN(C)Cc1ccc(CSCCNc2ncc(Cc3ccc(CN(C)C)s3)c(=O)[nH]2)o1. The lowest BCUT2D eigenvalue weighted by molar-refractivity contribution is 0.344. The number of aromatic amines is 1. The fraction of sp³-hybridized carbons (Fsp3) is 0.455. The summed E-state index contributed by atoms with van der Waals surface area (Å²) in [5, 5.41) is 3.19. The minimum atomic E-state index is -0.0864. The molecule has 3 aromatic rings. The summed E-state index contributed by atoms with van der Waals surface area (Å²) in [6, 6.07) is 8.29. The summed E-state index contributed by atoms with van der Waals surface area (Å²) >= 11 is 3.52. The van der Waals surface area contributed by atoms with Crippen molar-refractivity contribution < 1.29 is 4.42 Å². The lowest BCUT2D eigenvalue weighted by Crippen LogP contribution is -2.18. The number of nitrogens with one attached hydrogen (secondary N) is 2. The molecule has 9 heteroatoms. The Morgan fingerprint density at radius 3 is 2.55 bits per heavy atom. The summed E-state index contributed by atoms with van der Waals surface area (Å²) in [4.78, 5) is 26.3. The van der Waals surface area contributed by atoms with E-state index in [4.69, 9.17) is 4.42 Å². The van der Waals surface area contributed by atoms with Gasteiger partial charge in [0.15, 0.2) is 0 Å². The number of nitrogens with zero attached hydrogens (tertiary/aromatic N) is 3. The highest BCUT2D eigenvalue weighted by molar-refractivity contribution is 7.98. The average Bonchev–Trinajstić information content (AvgIpc) is 3.32. The Morgan fingerprint density at radius 2 is 1.81 bits per heavy atom. The van der Waals surface area contributed by atoms with Crippen molar-refractivity contribution in [2.45, 2.75) is 25.3 Å². The van der Waals surface area contributed by atoms with Crippen LogP contribution in [0.5, 0.6) is 0 Å². The highest BCUT2D eigenvalue weighted by atomic mass is 32.2. The molecule has 0 spiro atoms. The van der Waals surface area contributed by atoms with Crippen molar-refractivity contribution in [3.63, 3.8) is 0 Å². The van der Waals surface area contributed by atoms with Crippen molar-refractivity contribution in [2.75, 3.05) is 45.8 Å². The van der Waals surface area contributed by atoms with Gasteiger partial charge in [-0.25, -0.2) is 4.98 Å². The zero-order valence-electron chi connectivity index (χ0n) is 18.6. The molecule has 0 bridgehead atoms. The van der Waals surface area contributed by atoms with E-state index in [1.807, 2.05) is 26.2 Å².